The molecule has 0 aliphatic heterocycles. The fourth-order valence-corrected chi connectivity index (χ4v) is 1.82. The third kappa shape index (κ3) is 2.62. The van der Waals surface area contributed by atoms with Gasteiger partial charge < -0.3 is 10.3 Å². The van der Waals surface area contributed by atoms with Gasteiger partial charge in [0.2, 0.25) is 0 Å². The largest absolute Gasteiger partial charge is 0.359 e. The molecule has 0 bridgehead atoms. The van der Waals surface area contributed by atoms with Gasteiger partial charge in [0.25, 0.3) is 0 Å². The maximum atomic E-state index is 6.04. The Morgan fingerprint density at radius 2 is 1.89 bits per heavy atom. The third-order valence-corrected chi connectivity index (χ3v) is 3.23. The number of rotatable bonds is 4. The summed E-state index contributed by atoms with van der Waals surface area (Å²) in [5, 5.41) is 4.09. The number of benzene rings is 1. The maximum absolute atomic E-state index is 6.04. The summed E-state index contributed by atoms with van der Waals surface area (Å²) in [4.78, 5) is 0. The zero-order valence-corrected chi connectivity index (χ0v) is 11.2. The predicted octanol–water partition coefficient (Wildman–Crippen LogP) is 3.56. The van der Waals surface area contributed by atoms with Crippen molar-refractivity contribution in [1.82, 2.24) is 5.16 Å². The van der Waals surface area contributed by atoms with Gasteiger partial charge >= 0.3 is 0 Å². The minimum atomic E-state index is -0.0961. The van der Waals surface area contributed by atoms with Crippen LogP contribution in [-0.4, -0.2) is 5.16 Å². The molecule has 3 heteroatoms. The maximum Gasteiger partial charge on any atom is 0.154 e. The number of hydrogen-bond acceptors (Lipinski definition) is 3. The van der Waals surface area contributed by atoms with Crippen molar-refractivity contribution in [2.45, 2.75) is 33.2 Å². The fourth-order valence-electron chi connectivity index (χ4n) is 1.82. The molecule has 0 radical (unpaired) electrons. The molecule has 2 aromatic rings. The molecule has 0 aliphatic carbocycles. The number of aryl methyl sites for hydroxylation is 1. The molecule has 0 saturated carbocycles. The van der Waals surface area contributed by atoms with Crippen LogP contribution in [0.15, 0.2) is 34.9 Å². The molecule has 1 unspecified atom stereocenters. The first-order chi connectivity index (χ1) is 8.61. The van der Waals surface area contributed by atoms with Gasteiger partial charge in [-0.25, -0.2) is 0 Å². The van der Waals surface area contributed by atoms with Crippen LogP contribution in [-0.2, 0) is 6.42 Å². The van der Waals surface area contributed by atoms with Crippen molar-refractivity contribution in [3.8, 4) is 11.3 Å². The molecule has 0 fully saturated rings. The summed E-state index contributed by atoms with van der Waals surface area (Å²) in [7, 11) is 0. The zero-order chi connectivity index (χ0) is 13.1. The average molecular weight is 244 g/mol. The lowest BCUT2D eigenvalue weighted by Gasteiger charge is -2.10. The SMILES string of the molecule is CCc1ccc(-c2cc(C(N)C(C)C)on2)cc1. The van der Waals surface area contributed by atoms with Crippen LogP contribution in [0.1, 0.15) is 38.1 Å². The molecule has 0 aliphatic rings. The van der Waals surface area contributed by atoms with Crippen molar-refractivity contribution in [3.63, 3.8) is 0 Å². The minimum Gasteiger partial charge on any atom is -0.359 e. The monoisotopic (exact) mass is 244 g/mol. The Kier molecular flexibility index (Phi) is 3.82. The normalized spacial score (nSPS) is 12.9. The Labute approximate surface area is 108 Å². The van der Waals surface area contributed by atoms with Gasteiger partial charge in [-0.15, -0.1) is 0 Å². The molecule has 2 N–H and O–H groups in total. The highest BCUT2D eigenvalue weighted by Gasteiger charge is 2.16. The van der Waals surface area contributed by atoms with E-state index in [9.17, 15) is 0 Å². The summed E-state index contributed by atoms with van der Waals surface area (Å²) in [6, 6.07) is 10.2. The first-order valence-corrected chi connectivity index (χ1v) is 6.43. The van der Waals surface area contributed by atoms with E-state index in [1.807, 2.05) is 6.07 Å². The van der Waals surface area contributed by atoms with Gasteiger partial charge in [0.1, 0.15) is 5.69 Å². The highest BCUT2D eigenvalue weighted by Crippen LogP contribution is 2.25. The van der Waals surface area contributed by atoms with Gasteiger partial charge in [0.05, 0.1) is 6.04 Å². The molecule has 3 nitrogen and oxygen atoms in total. The van der Waals surface area contributed by atoms with Crippen LogP contribution in [0, 0.1) is 5.92 Å². The van der Waals surface area contributed by atoms with Crippen LogP contribution in [0.5, 0.6) is 0 Å². The Balaban J connectivity index is 2.23. The van der Waals surface area contributed by atoms with E-state index in [1.165, 1.54) is 5.56 Å². The second kappa shape index (κ2) is 5.36. The molecular weight excluding hydrogens is 224 g/mol. The highest BCUT2D eigenvalue weighted by atomic mass is 16.5. The van der Waals surface area contributed by atoms with Crippen LogP contribution in [0.2, 0.25) is 0 Å². The standard InChI is InChI=1S/C15H20N2O/c1-4-11-5-7-12(8-6-11)13-9-14(18-17-13)15(16)10(2)3/h5-10,15H,4,16H2,1-3H3. The van der Waals surface area contributed by atoms with E-state index in [1.54, 1.807) is 0 Å². The van der Waals surface area contributed by atoms with E-state index < -0.39 is 0 Å². The predicted molar refractivity (Wildman–Crippen MR) is 73.1 cm³/mol. The second-order valence-electron chi connectivity index (χ2n) is 4.93. The molecule has 0 spiro atoms. The molecule has 18 heavy (non-hydrogen) atoms. The van der Waals surface area contributed by atoms with Crippen molar-refractivity contribution in [1.29, 1.82) is 0 Å². The molecule has 96 valence electrons. The first kappa shape index (κ1) is 12.8. The van der Waals surface area contributed by atoms with Crippen molar-refractivity contribution >= 4 is 0 Å². The summed E-state index contributed by atoms with van der Waals surface area (Å²) < 4.78 is 5.32. The van der Waals surface area contributed by atoms with E-state index >= 15 is 0 Å². The molecule has 1 heterocycles. The van der Waals surface area contributed by atoms with E-state index in [-0.39, 0.29) is 6.04 Å². The molecule has 0 saturated heterocycles. The lowest BCUT2D eigenvalue weighted by atomic mass is 10.0. The van der Waals surface area contributed by atoms with Crippen LogP contribution in [0.3, 0.4) is 0 Å². The lowest BCUT2D eigenvalue weighted by Crippen LogP contribution is -2.15. The number of hydrogen-bond donors (Lipinski definition) is 1. The smallest absolute Gasteiger partial charge is 0.154 e. The molecule has 1 aromatic carbocycles. The number of nitrogens with two attached hydrogens (primary N) is 1. The third-order valence-electron chi connectivity index (χ3n) is 3.23. The van der Waals surface area contributed by atoms with Crippen LogP contribution >= 0.6 is 0 Å². The van der Waals surface area contributed by atoms with Gasteiger partial charge in [-0.1, -0.05) is 50.2 Å². The minimum absolute atomic E-state index is 0.0961. The van der Waals surface area contributed by atoms with Crippen LogP contribution in [0.25, 0.3) is 11.3 Å². The number of nitrogens with zero attached hydrogens (tertiary/aromatic N) is 1. The summed E-state index contributed by atoms with van der Waals surface area (Å²) in [6.45, 7) is 6.29. The van der Waals surface area contributed by atoms with Crippen molar-refractivity contribution in [2.24, 2.45) is 11.7 Å². The van der Waals surface area contributed by atoms with E-state index in [0.717, 1.165) is 23.4 Å². The van der Waals surface area contributed by atoms with Gasteiger partial charge in [0, 0.05) is 11.6 Å². The van der Waals surface area contributed by atoms with E-state index in [4.69, 9.17) is 10.3 Å². The van der Waals surface area contributed by atoms with E-state index in [0.29, 0.717) is 5.92 Å². The second-order valence-corrected chi connectivity index (χ2v) is 4.93. The zero-order valence-electron chi connectivity index (χ0n) is 11.2. The highest BCUT2D eigenvalue weighted by molar-refractivity contribution is 5.59. The summed E-state index contributed by atoms with van der Waals surface area (Å²) in [5.74, 6) is 1.09. The van der Waals surface area contributed by atoms with Gasteiger partial charge in [-0.2, -0.15) is 0 Å². The summed E-state index contributed by atoms with van der Waals surface area (Å²) in [6.07, 6.45) is 1.04. The topological polar surface area (TPSA) is 52.0 Å². The average Bonchev–Trinajstić information content (AvgIpc) is 2.87. The quantitative estimate of drug-likeness (QED) is 0.894. The fraction of sp³-hybridized carbons (Fsp3) is 0.400. The molecule has 1 aromatic heterocycles. The van der Waals surface area contributed by atoms with Crippen molar-refractivity contribution in [3.05, 3.63) is 41.7 Å². The Morgan fingerprint density at radius 3 is 2.44 bits per heavy atom. The Bertz CT molecular complexity index is 499. The summed E-state index contributed by atoms with van der Waals surface area (Å²) in [5.41, 5.74) is 9.28. The van der Waals surface area contributed by atoms with Crippen LogP contribution in [0.4, 0.5) is 0 Å². The Morgan fingerprint density at radius 1 is 1.22 bits per heavy atom. The van der Waals surface area contributed by atoms with Gasteiger partial charge in [0.15, 0.2) is 5.76 Å². The van der Waals surface area contributed by atoms with Gasteiger partial charge in [-0.05, 0) is 17.9 Å². The van der Waals surface area contributed by atoms with Gasteiger partial charge in [-0.3, -0.25) is 0 Å². The summed E-state index contributed by atoms with van der Waals surface area (Å²) >= 11 is 0. The van der Waals surface area contributed by atoms with Crippen molar-refractivity contribution in [2.75, 3.05) is 0 Å². The first-order valence-electron chi connectivity index (χ1n) is 6.43. The van der Waals surface area contributed by atoms with E-state index in [2.05, 4.69) is 50.2 Å². The molecule has 2 rings (SSSR count). The van der Waals surface area contributed by atoms with Crippen LogP contribution < -0.4 is 5.73 Å². The lowest BCUT2D eigenvalue weighted by molar-refractivity contribution is 0.333. The van der Waals surface area contributed by atoms with Crippen molar-refractivity contribution < 1.29 is 4.52 Å². The molecule has 0 amide bonds. The number of aromatic nitrogens is 1. The molecule has 1 atom stereocenters. The Hall–Kier alpha value is -1.61. The molecular formula is C15H20N2O.